The number of rotatable bonds is 3. The Morgan fingerprint density at radius 2 is 2.21 bits per heavy atom. The average molecular weight is 307 g/mol. The van der Waals surface area contributed by atoms with Gasteiger partial charge in [0, 0.05) is 36.6 Å². The molecule has 0 aromatic rings. The molecule has 2 atom stereocenters. The Morgan fingerprint density at radius 3 is 2.84 bits per heavy atom. The summed E-state index contributed by atoms with van der Waals surface area (Å²) >= 11 is 1.95. The molecule has 2 aliphatic rings. The van der Waals surface area contributed by atoms with E-state index in [1.54, 1.807) is 0 Å². The molecular formula is C14H27ClN2OS. The van der Waals surface area contributed by atoms with Crippen LogP contribution in [-0.4, -0.2) is 36.0 Å². The summed E-state index contributed by atoms with van der Waals surface area (Å²) in [7, 11) is 0. The minimum absolute atomic E-state index is 0. The van der Waals surface area contributed by atoms with Crippen molar-refractivity contribution in [3.8, 4) is 0 Å². The number of amides is 1. The van der Waals surface area contributed by atoms with Gasteiger partial charge in [-0.05, 0) is 18.3 Å². The summed E-state index contributed by atoms with van der Waals surface area (Å²) in [4.78, 5) is 12.1. The van der Waals surface area contributed by atoms with Crippen LogP contribution in [0.5, 0.6) is 0 Å². The summed E-state index contributed by atoms with van der Waals surface area (Å²) in [6.07, 6.45) is 5.58. The van der Waals surface area contributed by atoms with Crippen LogP contribution in [-0.2, 0) is 4.79 Å². The van der Waals surface area contributed by atoms with E-state index >= 15 is 0 Å². The van der Waals surface area contributed by atoms with Crippen molar-refractivity contribution in [3.63, 3.8) is 0 Å². The second-order valence-corrected chi connectivity index (χ2v) is 7.43. The molecule has 3 nitrogen and oxygen atoms in total. The molecule has 1 aliphatic heterocycles. The standard InChI is InChI=1S/C14H26N2OS.ClH/c1-14(2)6-4-3-5-12(14)16-13(17)9-11-10-18-8-7-15-11;/h11-12,15H,3-10H2,1-2H3,(H,16,17);1H. The third kappa shape index (κ3) is 5.16. The van der Waals surface area contributed by atoms with Crippen LogP contribution in [0.1, 0.15) is 46.0 Å². The minimum Gasteiger partial charge on any atom is -0.353 e. The predicted molar refractivity (Wildman–Crippen MR) is 85.2 cm³/mol. The molecule has 0 spiro atoms. The number of carbonyl (C=O) groups excluding carboxylic acids is 1. The summed E-state index contributed by atoms with van der Waals surface area (Å²) in [5, 5.41) is 6.69. The molecular weight excluding hydrogens is 280 g/mol. The first-order valence-corrected chi connectivity index (χ1v) is 8.34. The third-order valence-electron chi connectivity index (χ3n) is 4.27. The first-order valence-electron chi connectivity index (χ1n) is 7.18. The molecule has 0 radical (unpaired) electrons. The zero-order valence-corrected chi connectivity index (χ0v) is 13.7. The molecule has 2 fully saturated rings. The Hall–Kier alpha value is 0.0700. The van der Waals surface area contributed by atoms with Gasteiger partial charge in [-0.15, -0.1) is 12.4 Å². The molecule has 5 heteroatoms. The van der Waals surface area contributed by atoms with E-state index in [1.807, 2.05) is 11.8 Å². The molecule has 1 heterocycles. The van der Waals surface area contributed by atoms with Gasteiger partial charge < -0.3 is 10.6 Å². The van der Waals surface area contributed by atoms with E-state index in [4.69, 9.17) is 0 Å². The van der Waals surface area contributed by atoms with E-state index in [0.717, 1.165) is 18.7 Å². The third-order valence-corrected chi connectivity index (χ3v) is 5.40. The molecule has 2 N–H and O–H groups in total. The van der Waals surface area contributed by atoms with Gasteiger partial charge in [-0.1, -0.05) is 26.7 Å². The molecule has 2 unspecified atom stereocenters. The fraction of sp³-hybridized carbons (Fsp3) is 0.929. The number of hydrogen-bond acceptors (Lipinski definition) is 3. The van der Waals surface area contributed by atoms with Crippen LogP contribution in [0.3, 0.4) is 0 Å². The van der Waals surface area contributed by atoms with Crippen molar-refractivity contribution in [1.82, 2.24) is 10.6 Å². The van der Waals surface area contributed by atoms with Crippen LogP contribution in [0, 0.1) is 5.41 Å². The van der Waals surface area contributed by atoms with E-state index in [-0.39, 0.29) is 23.7 Å². The number of carbonyl (C=O) groups is 1. The molecule has 1 saturated heterocycles. The Morgan fingerprint density at radius 1 is 1.42 bits per heavy atom. The van der Waals surface area contributed by atoms with Gasteiger partial charge in [0.15, 0.2) is 0 Å². The van der Waals surface area contributed by atoms with E-state index in [2.05, 4.69) is 24.5 Å². The molecule has 0 aromatic carbocycles. The van der Waals surface area contributed by atoms with Crippen molar-refractivity contribution in [2.75, 3.05) is 18.1 Å². The summed E-state index contributed by atoms with van der Waals surface area (Å²) in [5.41, 5.74) is 0.267. The van der Waals surface area contributed by atoms with Crippen LogP contribution in [0.4, 0.5) is 0 Å². The molecule has 0 bridgehead atoms. The Bertz CT molecular complexity index is 293. The first-order chi connectivity index (χ1) is 8.58. The predicted octanol–water partition coefficient (Wildman–Crippen LogP) is 2.59. The van der Waals surface area contributed by atoms with Gasteiger partial charge in [0.2, 0.25) is 5.91 Å². The zero-order valence-electron chi connectivity index (χ0n) is 12.0. The van der Waals surface area contributed by atoms with Crippen LogP contribution < -0.4 is 10.6 Å². The van der Waals surface area contributed by atoms with E-state index < -0.39 is 0 Å². The van der Waals surface area contributed by atoms with Crippen molar-refractivity contribution in [2.24, 2.45) is 5.41 Å². The summed E-state index contributed by atoms with van der Waals surface area (Å²) in [6.45, 7) is 5.61. The molecule has 1 aliphatic carbocycles. The van der Waals surface area contributed by atoms with Crippen molar-refractivity contribution in [1.29, 1.82) is 0 Å². The van der Waals surface area contributed by atoms with Crippen LogP contribution in [0.15, 0.2) is 0 Å². The quantitative estimate of drug-likeness (QED) is 0.842. The number of thioether (sulfide) groups is 1. The lowest BCUT2D eigenvalue weighted by Crippen LogP contribution is -2.49. The molecule has 2 rings (SSSR count). The highest BCUT2D eigenvalue weighted by molar-refractivity contribution is 7.99. The van der Waals surface area contributed by atoms with Gasteiger partial charge in [0.1, 0.15) is 0 Å². The van der Waals surface area contributed by atoms with Gasteiger partial charge in [0.05, 0.1) is 0 Å². The number of halogens is 1. The molecule has 112 valence electrons. The number of hydrogen-bond donors (Lipinski definition) is 2. The largest absolute Gasteiger partial charge is 0.353 e. The fourth-order valence-corrected chi connectivity index (χ4v) is 3.94. The molecule has 0 aromatic heterocycles. The lowest BCUT2D eigenvalue weighted by molar-refractivity contribution is -0.123. The highest BCUT2D eigenvalue weighted by Gasteiger charge is 2.33. The SMILES string of the molecule is CC1(C)CCCCC1NC(=O)CC1CSCCN1.Cl. The van der Waals surface area contributed by atoms with Crippen molar-refractivity contribution in [2.45, 2.75) is 58.0 Å². The molecule has 1 saturated carbocycles. The van der Waals surface area contributed by atoms with Crippen LogP contribution >= 0.6 is 24.2 Å². The van der Waals surface area contributed by atoms with Crippen LogP contribution in [0.25, 0.3) is 0 Å². The highest BCUT2D eigenvalue weighted by Crippen LogP contribution is 2.35. The maximum Gasteiger partial charge on any atom is 0.221 e. The average Bonchev–Trinajstić information content (AvgIpc) is 2.33. The van der Waals surface area contributed by atoms with E-state index in [1.165, 1.54) is 25.0 Å². The van der Waals surface area contributed by atoms with Gasteiger partial charge in [0.25, 0.3) is 0 Å². The Kier molecular flexibility index (Phi) is 6.98. The van der Waals surface area contributed by atoms with Crippen molar-refractivity contribution in [3.05, 3.63) is 0 Å². The van der Waals surface area contributed by atoms with Gasteiger partial charge in [-0.3, -0.25) is 4.79 Å². The first kappa shape index (κ1) is 17.1. The van der Waals surface area contributed by atoms with Gasteiger partial charge in [-0.2, -0.15) is 11.8 Å². The minimum atomic E-state index is 0. The van der Waals surface area contributed by atoms with E-state index in [0.29, 0.717) is 18.5 Å². The van der Waals surface area contributed by atoms with Crippen molar-refractivity contribution < 1.29 is 4.79 Å². The summed E-state index contributed by atoms with van der Waals surface area (Å²) in [5.74, 6) is 2.48. The monoisotopic (exact) mass is 306 g/mol. The summed E-state index contributed by atoms with van der Waals surface area (Å²) < 4.78 is 0. The van der Waals surface area contributed by atoms with Crippen LogP contribution in [0.2, 0.25) is 0 Å². The molecule has 19 heavy (non-hydrogen) atoms. The smallest absolute Gasteiger partial charge is 0.221 e. The van der Waals surface area contributed by atoms with Gasteiger partial charge in [-0.25, -0.2) is 0 Å². The summed E-state index contributed by atoms with van der Waals surface area (Å²) in [6, 6.07) is 0.741. The topological polar surface area (TPSA) is 41.1 Å². The Balaban J connectivity index is 0.00000180. The van der Waals surface area contributed by atoms with Crippen molar-refractivity contribution >= 4 is 30.1 Å². The maximum absolute atomic E-state index is 12.1. The fourth-order valence-electron chi connectivity index (χ4n) is 2.99. The lowest BCUT2D eigenvalue weighted by Gasteiger charge is -2.39. The van der Waals surface area contributed by atoms with Gasteiger partial charge >= 0.3 is 0 Å². The second kappa shape index (κ2) is 7.75. The highest BCUT2D eigenvalue weighted by atomic mass is 35.5. The maximum atomic E-state index is 12.1. The second-order valence-electron chi connectivity index (χ2n) is 6.28. The van der Waals surface area contributed by atoms with E-state index in [9.17, 15) is 4.79 Å². The molecule has 1 amide bonds. The Labute approximate surface area is 127 Å². The zero-order chi connectivity index (χ0) is 13.0. The normalized spacial score (nSPS) is 30.2. The lowest BCUT2D eigenvalue weighted by atomic mass is 9.73. The number of nitrogens with one attached hydrogen (secondary N) is 2.